The molecular weight excluding hydrogens is 314 g/mol. The van der Waals surface area contributed by atoms with E-state index in [1.807, 2.05) is 12.1 Å². The van der Waals surface area contributed by atoms with Crippen LogP contribution in [0.25, 0.3) is 0 Å². The quantitative estimate of drug-likeness (QED) is 0.819. The zero-order valence-corrected chi connectivity index (χ0v) is 13.2. The minimum absolute atomic E-state index is 0.268. The summed E-state index contributed by atoms with van der Waals surface area (Å²) in [6.45, 7) is 3.15. The fourth-order valence-electron chi connectivity index (χ4n) is 2.24. The van der Waals surface area contributed by atoms with Gasteiger partial charge in [-0.05, 0) is 54.8 Å². The van der Waals surface area contributed by atoms with Gasteiger partial charge in [0.15, 0.2) is 0 Å². The minimum atomic E-state index is 0.268. The van der Waals surface area contributed by atoms with Crippen molar-refractivity contribution in [1.29, 1.82) is 0 Å². The molecule has 2 aromatic carbocycles. The zero-order chi connectivity index (χ0) is 14.4. The summed E-state index contributed by atoms with van der Waals surface area (Å²) in [5, 5.41) is 13.2. The molecule has 0 aliphatic rings. The van der Waals surface area contributed by atoms with E-state index in [9.17, 15) is 5.11 Å². The van der Waals surface area contributed by atoms with Crippen LogP contribution in [0.5, 0.6) is 5.75 Å². The van der Waals surface area contributed by atoms with Crippen molar-refractivity contribution in [2.75, 3.05) is 6.54 Å². The van der Waals surface area contributed by atoms with Crippen molar-refractivity contribution in [3.8, 4) is 5.75 Å². The highest BCUT2D eigenvalue weighted by Gasteiger charge is 2.11. The summed E-state index contributed by atoms with van der Waals surface area (Å²) >= 11 is 3.47. The van der Waals surface area contributed by atoms with Crippen LogP contribution in [0.1, 0.15) is 30.5 Å². The summed E-state index contributed by atoms with van der Waals surface area (Å²) in [6, 6.07) is 16.2. The molecule has 0 saturated carbocycles. The van der Waals surface area contributed by atoms with Crippen LogP contribution < -0.4 is 5.32 Å². The number of halogens is 1. The number of benzene rings is 2. The number of hydrogen-bond acceptors (Lipinski definition) is 2. The average molecular weight is 334 g/mol. The second kappa shape index (κ2) is 7.46. The molecule has 0 heterocycles. The van der Waals surface area contributed by atoms with E-state index in [1.54, 1.807) is 6.07 Å². The molecule has 2 aromatic rings. The molecule has 2 nitrogen and oxygen atoms in total. The van der Waals surface area contributed by atoms with E-state index in [-0.39, 0.29) is 6.04 Å². The summed E-state index contributed by atoms with van der Waals surface area (Å²) in [5.74, 6) is 0.326. The Bertz CT molecular complexity index is 539. The average Bonchev–Trinajstić information content (AvgIpc) is 2.44. The van der Waals surface area contributed by atoms with Crippen LogP contribution in [0.3, 0.4) is 0 Å². The smallest absolute Gasteiger partial charge is 0.115 e. The van der Waals surface area contributed by atoms with Gasteiger partial charge in [-0.2, -0.15) is 0 Å². The van der Waals surface area contributed by atoms with E-state index in [2.05, 4.69) is 58.5 Å². The first-order valence-electron chi connectivity index (χ1n) is 6.96. The second-order valence-electron chi connectivity index (χ2n) is 4.93. The Hall–Kier alpha value is -1.32. The Balaban J connectivity index is 2.16. The van der Waals surface area contributed by atoms with Gasteiger partial charge >= 0.3 is 0 Å². The molecule has 2 N–H and O–H groups in total. The molecule has 0 spiro atoms. The van der Waals surface area contributed by atoms with Gasteiger partial charge in [0.2, 0.25) is 0 Å². The van der Waals surface area contributed by atoms with Crippen LogP contribution in [0.4, 0.5) is 0 Å². The van der Waals surface area contributed by atoms with E-state index < -0.39 is 0 Å². The molecule has 106 valence electrons. The first-order valence-corrected chi connectivity index (χ1v) is 7.75. The molecule has 0 bridgehead atoms. The molecular formula is C17H20BrNO. The lowest BCUT2D eigenvalue weighted by Gasteiger charge is -2.19. The second-order valence-corrected chi connectivity index (χ2v) is 5.85. The van der Waals surface area contributed by atoms with Crippen molar-refractivity contribution in [3.05, 3.63) is 64.1 Å². The summed E-state index contributed by atoms with van der Waals surface area (Å²) in [4.78, 5) is 0. The molecule has 2 rings (SSSR count). The van der Waals surface area contributed by atoms with Gasteiger partial charge in [0.1, 0.15) is 5.75 Å². The molecule has 0 radical (unpaired) electrons. The largest absolute Gasteiger partial charge is 0.508 e. The molecule has 0 aliphatic heterocycles. The third-order valence-corrected chi connectivity index (χ3v) is 3.79. The lowest BCUT2D eigenvalue weighted by atomic mass is 9.98. The summed E-state index contributed by atoms with van der Waals surface area (Å²) in [6.07, 6.45) is 1.98. The van der Waals surface area contributed by atoms with E-state index >= 15 is 0 Å². The molecule has 20 heavy (non-hydrogen) atoms. The maximum Gasteiger partial charge on any atom is 0.115 e. The third-order valence-electron chi connectivity index (χ3n) is 3.26. The fourth-order valence-corrected chi connectivity index (χ4v) is 2.51. The highest BCUT2D eigenvalue weighted by Crippen LogP contribution is 2.22. The van der Waals surface area contributed by atoms with Crippen LogP contribution in [0.15, 0.2) is 53.0 Å². The molecule has 3 heteroatoms. The molecule has 0 saturated heterocycles. The molecule has 0 fully saturated rings. The van der Waals surface area contributed by atoms with E-state index in [0.717, 1.165) is 29.4 Å². The van der Waals surface area contributed by atoms with Gasteiger partial charge in [-0.15, -0.1) is 0 Å². The number of phenolic OH excluding ortho intramolecular Hbond substituents is 1. The number of aromatic hydroxyl groups is 1. The van der Waals surface area contributed by atoms with Crippen LogP contribution in [0.2, 0.25) is 0 Å². The van der Waals surface area contributed by atoms with E-state index in [1.165, 1.54) is 5.56 Å². The molecule has 1 unspecified atom stereocenters. The summed E-state index contributed by atoms with van der Waals surface area (Å²) in [7, 11) is 0. The monoisotopic (exact) mass is 333 g/mol. The number of phenols is 1. The molecule has 0 aromatic heterocycles. The lowest BCUT2D eigenvalue weighted by Crippen LogP contribution is -2.24. The predicted octanol–water partition coefficient (Wildman–Crippen LogP) is 4.44. The maximum atomic E-state index is 9.58. The minimum Gasteiger partial charge on any atom is -0.508 e. The SMILES string of the molecule is CCCNC(Cc1cccc(O)c1)c1ccc(Br)cc1. The Morgan fingerprint density at radius 3 is 2.55 bits per heavy atom. The van der Waals surface area contributed by atoms with Crippen molar-refractivity contribution in [2.24, 2.45) is 0 Å². The van der Waals surface area contributed by atoms with Gasteiger partial charge in [-0.25, -0.2) is 0 Å². The Morgan fingerprint density at radius 1 is 1.15 bits per heavy atom. The van der Waals surface area contributed by atoms with E-state index in [0.29, 0.717) is 5.75 Å². The molecule has 0 amide bonds. The predicted molar refractivity (Wildman–Crippen MR) is 87.0 cm³/mol. The number of rotatable bonds is 6. The zero-order valence-electron chi connectivity index (χ0n) is 11.6. The van der Waals surface area contributed by atoms with Gasteiger partial charge in [-0.1, -0.05) is 47.1 Å². The molecule has 1 atom stereocenters. The standard InChI is InChI=1S/C17H20BrNO/c1-2-10-19-17(14-6-8-15(18)9-7-14)12-13-4-3-5-16(20)11-13/h3-9,11,17,19-20H,2,10,12H2,1H3. The number of nitrogens with one attached hydrogen (secondary N) is 1. The van der Waals surface area contributed by atoms with Crippen molar-refractivity contribution in [2.45, 2.75) is 25.8 Å². The fraction of sp³-hybridized carbons (Fsp3) is 0.294. The van der Waals surface area contributed by atoms with Gasteiger partial charge in [-0.3, -0.25) is 0 Å². The first-order chi connectivity index (χ1) is 9.69. The van der Waals surface area contributed by atoms with E-state index in [4.69, 9.17) is 0 Å². The highest BCUT2D eigenvalue weighted by atomic mass is 79.9. The van der Waals surface area contributed by atoms with Crippen molar-refractivity contribution in [3.63, 3.8) is 0 Å². The van der Waals surface area contributed by atoms with Crippen molar-refractivity contribution in [1.82, 2.24) is 5.32 Å². The van der Waals surface area contributed by atoms with Crippen LogP contribution in [-0.4, -0.2) is 11.7 Å². The third kappa shape index (κ3) is 4.36. The summed E-state index contributed by atoms with van der Waals surface area (Å²) < 4.78 is 1.09. The Kier molecular flexibility index (Phi) is 5.62. The highest BCUT2D eigenvalue weighted by molar-refractivity contribution is 9.10. The lowest BCUT2D eigenvalue weighted by molar-refractivity contribution is 0.473. The van der Waals surface area contributed by atoms with Crippen molar-refractivity contribution < 1.29 is 5.11 Å². The van der Waals surface area contributed by atoms with Crippen LogP contribution in [-0.2, 0) is 6.42 Å². The summed E-state index contributed by atoms with van der Waals surface area (Å²) in [5.41, 5.74) is 2.41. The molecule has 0 aliphatic carbocycles. The number of hydrogen-bond donors (Lipinski definition) is 2. The van der Waals surface area contributed by atoms with Crippen LogP contribution in [0, 0.1) is 0 Å². The normalized spacial score (nSPS) is 12.3. The topological polar surface area (TPSA) is 32.3 Å². The van der Waals surface area contributed by atoms with Crippen LogP contribution >= 0.6 is 15.9 Å². The van der Waals surface area contributed by atoms with Gasteiger partial charge < -0.3 is 10.4 Å². The first kappa shape index (κ1) is 15.1. The van der Waals surface area contributed by atoms with Gasteiger partial charge in [0.25, 0.3) is 0 Å². The Morgan fingerprint density at radius 2 is 1.90 bits per heavy atom. The van der Waals surface area contributed by atoms with Gasteiger partial charge in [0.05, 0.1) is 0 Å². The maximum absolute atomic E-state index is 9.58. The van der Waals surface area contributed by atoms with Gasteiger partial charge in [0, 0.05) is 10.5 Å². The van der Waals surface area contributed by atoms with Crippen molar-refractivity contribution >= 4 is 15.9 Å². The Labute approximate surface area is 129 Å².